The lowest BCUT2D eigenvalue weighted by molar-refractivity contribution is -0.141. The van der Waals surface area contributed by atoms with E-state index in [2.05, 4.69) is 44.9 Å². The highest BCUT2D eigenvalue weighted by molar-refractivity contribution is 9.10. The molecule has 0 unspecified atom stereocenters. The number of aromatic nitrogens is 2. The van der Waals surface area contributed by atoms with E-state index in [0.29, 0.717) is 6.04 Å². The van der Waals surface area contributed by atoms with Crippen molar-refractivity contribution in [3.05, 3.63) is 16.4 Å². The number of rotatable bonds is 6. The van der Waals surface area contributed by atoms with E-state index in [1.165, 1.54) is 7.11 Å². The van der Waals surface area contributed by atoms with Crippen LogP contribution in [0.25, 0.3) is 0 Å². The van der Waals surface area contributed by atoms with Crippen molar-refractivity contribution in [1.29, 1.82) is 0 Å². The molecule has 1 aromatic heterocycles. The van der Waals surface area contributed by atoms with Gasteiger partial charge in [-0.3, -0.25) is 9.48 Å². The fraction of sp³-hybridized carbons (Fsp3) is 0.636. The zero-order chi connectivity index (χ0) is 12.8. The zero-order valence-electron chi connectivity index (χ0n) is 10.4. The minimum atomic E-state index is -0.293. The van der Waals surface area contributed by atoms with Crippen LogP contribution in [0.15, 0.2) is 10.7 Å². The zero-order valence-corrected chi connectivity index (χ0v) is 12.0. The summed E-state index contributed by atoms with van der Waals surface area (Å²) in [6.45, 7) is 5.21. The minimum absolute atomic E-state index is 0.152. The highest BCUT2D eigenvalue weighted by atomic mass is 79.9. The largest absolute Gasteiger partial charge is 0.468 e. The van der Waals surface area contributed by atoms with E-state index in [1.807, 2.05) is 6.07 Å². The summed E-state index contributed by atoms with van der Waals surface area (Å²) in [6, 6.07) is 2.38. The topological polar surface area (TPSA) is 56.2 Å². The molecule has 0 saturated heterocycles. The predicted molar refractivity (Wildman–Crippen MR) is 68.8 cm³/mol. The Morgan fingerprint density at radius 3 is 2.94 bits per heavy atom. The number of hydrogen-bond acceptors (Lipinski definition) is 4. The summed E-state index contributed by atoms with van der Waals surface area (Å²) in [4.78, 5) is 11.2. The number of esters is 1. The van der Waals surface area contributed by atoms with E-state index in [1.54, 1.807) is 4.68 Å². The van der Waals surface area contributed by atoms with Crippen molar-refractivity contribution in [3.8, 4) is 0 Å². The fourth-order valence-electron chi connectivity index (χ4n) is 1.43. The van der Waals surface area contributed by atoms with Gasteiger partial charge >= 0.3 is 5.97 Å². The highest BCUT2D eigenvalue weighted by Crippen LogP contribution is 2.11. The van der Waals surface area contributed by atoms with Crippen LogP contribution < -0.4 is 5.32 Å². The lowest BCUT2D eigenvalue weighted by Gasteiger charge is -2.09. The standard InChI is InChI=1S/C11H18BrN3O2/c1-8(2)13-5-4-9-6-10(12)14-15(9)7-11(16)17-3/h6,8,13H,4-5,7H2,1-3H3. The summed E-state index contributed by atoms with van der Waals surface area (Å²) in [7, 11) is 1.38. The Hall–Kier alpha value is -0.880. The lowest BCUT2D eigenvalue weighted by atomic mass is 10.3. The Bertz CT molecular complexity index is 377. The van der Waals surface area contributed by atoms with Crippen LogP contribution in [0.3, 0.4) is 0 Å². The average molecular weight is 304 g/mol. The first-order valence-corrected chi connectivity index (χ1v) is 6.34. The van der Waals surface area contributed by atoms with Crippen molar-refractivity contribution >= 4 is 21.9 Å². The number of carbonyl (C=O) groups is 1. The van der Waals surface area contributed by atoms with Gasteiger partial charge in [0.25, 0.3) is 0 Å². The third-order valence-corrected chi connectivity index (χ3v) is 2.66. The fourth-order valence-corrected chi connectivity index (χ4v) is 1.89. The van der Waals surface area contributed by atoms with Gasteiger partial charge in [-0.2, -0.15) is 5.10 Å². The van der Waals surface area contributed by atoms with Gasteiger partial charge in [0, 0.05) is 24.7 Å². The van der Waals surface area contributed by atoms with Gasteiger partial charge < -0.3 is 10.1 Å². The number of halogens is 1. The first-order valence-electron chi connectivity index (χ1n) is 5.55. The van der Waals surface area contributed by atoms with Crippen molar-refractivity contribution < 1.29 is 9.53 Å². The second-order valence-corrected chi connectivity index (χ2v) is 4.86. The summed E-state index contributed by atoms with van der Waals surface area (Å²) in [5.41, 5.74) is 1.01. The summed E-state index contributed by atoms with van der Waals surface area (Å²) >= 11 is 3.31. The summed E-state index contributed by atoms with van der Waals surface area (Å²) in [5.74, 6) is -0.293. The molecule has 0 bridgehead atoms. The molecule has 0 aliphatic carbocycles. The van der Waals surface area contributed by atoms with Crippen LogP contribution in [0.1, 0.15) is 19.5 Å². The number of carbonyl (C=O) groups excluding carboxylic acids is 1. The Kier molecular flexibility index (Phi) is 5.64. The minimum Gasteiger partial charge on any atom is -0.468 e. The maximum Gasteiger partial charge on any atom is 0.327 e. The van der Waals surface area contributed by atoms with E-state index >= 15 is 0 Å². The number of hydrogen-bond donors (Lipinski definition) is 1. The van der Waals surface area contributed by atoms with Crippen molar-refractivity contribution in [2.75, 3.05) is 13.7 Å². The molecule has 0 aliphatic rings. The van der Waals surface area contributed by atoms with Crippen LogP contribution in [-0.2, 0) is 22.5 Å². The first-order chi connectivity index (χ1) is 8.02. The van der Waals surface area contributed by atoms with Crippen molar-refractivity contribution in [1.82, 2.24) is 15.1 Å². The summed E-state index contributed by atoms with van der Waals surface area (Å²) in [6.07, 6.45) is 0.827. The summed E-state index contributed by atoms with van der Waals surface area (Å²) < 4.78 is 7.03. The second-order valence-electron chi connectivity index (χ2n) is 4.05. The molecule has 6 heteroatoms. The molecule has 5 nitrogen and oxygen atoms in total. The van der Waals surface area contributed by atoms with Crippen molar-refractivity contribution in [2.45, 2.75) is 32.9 Å². The Labute approximate surface area is 110 Å². The molecule has 0 aliphatic heterocycles. The van der Waals surface area contributed by atoms with Crippen LogP contribution in [-0.4, -0.2) is 35.4 Å². The first kappa shape index (κ1) is 14.2. The third kappa shape index (κ3) is 4.87. The lowest BCUT2D eigenvalue weighted by Crippen LogP contribution is -2.26. The molecule has 0 fully saturated rings. The van der Waals surface area contributed by atoms with Gasteiger partial charge in [-0.05, 0) is 22.0 Å². The van der Waals surface area contributed by atoms with Gasteiger partial charge in [-0.15, -0.1) is 0 Å². The van der Waals surface area contributed by atoms with Crippen LogP contribution in [0.4, 0.5) is 0 Å². The smallest absolute Gasteiger partial charge is 0.327 e. The van der Waals surface area contributed by atoms with E-state index in [4.69, 9.17) is 0 Å². The van der Waals surface area contributed by atoms with Crippen molar-refractivity contribution in [2.24, 2.45) is 0 Å². The molecule has 0 radical (unpaired) electrons. The second kappa shape index (κ2) is 6.76. The summed E-state index contributed by atoms with van der Waals surface area (Å²) in [5, 5.41) is 7.53. The molecule has 0 atom stereocenters. The van der Waals surface area contributed by atoms with Gasteiger partial charge in [0.2, 0.25) is 0 Å². The molecule has 96 valence electrons. The average Bonchev–Trinajstić information content (AvgIpc) is 2.58. The normalized spacial score (nSPS) is 10.9. The number of nitrogens with one attached hydrogen (secondary N) is 1. The molecule has 1 aromatic rings. The molecule has 0 spiro atoms. The quantitative estimate of drug-likeness (QED) is 0.806. The molecular formula is C11H18BrN3O2. The van der Waals surface area contributed by atoms with Crippen LogP contribution in [0.5, 0.6) is 0 Å². The molecule has 0 saturated carbocycles. The third-order valence-electron chi connectivity index (χ3n) is 2.27. The van der Waals surface area contributed by atoms with Gasteiger partial charge in [0.15, 0.2) is 0 Å². The van der Waals surface area contributed by atoms with Gasteiger partial charge in [-0.1, -0.05) is 13.8 Å². The van der Waals surface area contributed by atoms with E-state index in [-0.39, 0.29) is 12.5 Å². The van der Waals surface area contributed by atoms with Crippen molar-refractivity contribution in [3.63, 3.8) is 0 Å². The van der Waals surface area contributed by atoms with E-state index in [9.17, 15) is 4.79 Å². The number of nitrogens with zero attached hydrogens (tertiary/aromatic N) is 2. The number of methoxy groups -OCH3 is 1. The Balaban J connectivity index is 2.60. The van der Waals surface area contributed by atoms with Crippen LogP contribution in [0.2, 0.25) is 0 Å². The number of ether oxygens (including phenoxy) is 1. The SMILES string of the molecule is COC(=O)Cn1nc(Br)cc1CCNC(C)C. The van der Waals surface area contributed by atoms with Gasteiger partial charge in [0.1, 0.15) is 11.1 Å². The molecule has 1 N–H and O–H groups in total. The molecule has 0 amide bonds. The molecule has 1 heterocycles. The molecule has 0 aromatic carbocycles. The molecule has 17 heavy (non-hydrogen) atoms. The maximum absolute atomic E-state index is 11.2. The van der Waals surface area contributed by atoms with Crippen LogP contribution in [0, 0.1) is 0 Å². The Morgan fingerprint density at radius 1 is 1.65 bits per heavy atom. The molecular weight excluding hydrogens is 286 g/mol. The predicted octanol–water partition coefficient (Wildman–Crippen LogP) is 1.36. The van der Waals surface area contributed by atoms with Gasteiger partial charge in [-0.25, -0.2) is 0 Å². The maximum atomic E-state index is 11.2. The van der Waals surface area contributed by atoms with E-state index < -0.39 is 0 Å². The highest BCUT2D eigenvalue weighted by Gasteiger charge is 2.10. The van der Waals surface area contributed by atoms with Gasteiger partial charge in [0.05, 0.1) is 7.11 Å². The van der Waals surface area contributed by atoms with Crippen LogP contribution >= 0.6 is 15.9 Å². The monoisotopic (exact) mass is 303 g/mol. The van der Waals surface area contributed by atoms with E-state index in [0.717, 1.165) is 23.3 Å². The molecule has 1 rings (SSSR count). The Morgan fingerprint density at radius 2 is 2.35 bits per heavy atom.